The third kappa shape index (κ3) is 3.35. The molecule has 0 bridgehead atoms. The van der Waals surface area contributed by atoms with Crippen LogP contribution < -0.4 is 15.1 Å². The number of piperidine rings is 1. The van der Waals surface area contributed by atoms with Gasteiger partial charge in [-0.15, -0.1) is 0 Å². The van der Waals surface area contributed by atoms with E-state index in [1.807, 2.05) is 31.1 Å². The van der Waals surface area contributed by atoms with Crippen LogP contribution in [0.3, 0.4) is 0 Å². The van der Waals surface area contributed by atoms with E-state index in [9.17, 15) is 0 Å². The van der Waals surface area contributed by atoms with Crippen LogP contribution in [0.4, 0.5) is 17.5 Å². The number of hydrogen-bond acceptors (Lipinski definition) is 8. The summed E-state index contributed by atoms with van der Waals surface area (Å²) in [7, 11) is 3.96. The number of aromatic nitrogens is 5. The first-order valence-electron chi connectivity index (χ1n) is 8.76. The van der Waals surface area contributed by atoms with Gasteiger partial charge in [0.15, 0.2) is 0 Å². The molecular formula is C18H22N8. The van der Waals surface area contributed by atoms with Crippen molar-refractivity contribution in [3.8, 4) is 0 Å². The Bertz CT molecular complexity index is 884. The summed E-state index contributed by atoms with van der Waals surface area (Å²) in [5, 5.41) is 4.59. The quantitative estimate of drug-likeness (QED) is 0.765. The molecule has 1 fully saturated rings. The van der Waals surface area contributed by atoms with Gasteiger partial charge in [-0.05, 0) is 18.9 Å². The summed E-state index contributed by atoms with van der Waals surface area (Å²) in [5.74, 6) is 2.77. The van der Waals surface area contributed by atoms with Gasteiger partial charge >= 0.3 is 0 Å². The lowest BCUT2D eigenvalue weighted by Gasteiger charge is -2.33. The summed E-state index contributed by atoms with van der Waals surface area (Å²) in [4.78, 5) is 25.9. The number of hydrogen-bond donors (Lipinski definition) is 1. The van der Waals surface area contributed by atoms with Gasteiger partial charge in [0.1, 0.15) is 30.1 Å². The van der Waals surface area contributed by atoms with Crippen molar-refractivity contribution in [1.82, 2.24) is 24.9 Å². The van der Waals surface area contributed by atoms with Gasteiger partial charge in [0, 0.05) is 50.9 Å². The summed E-state index contributed by atoms with van der Waals surface area (Å²) >= 11 is 0. The number of fused-ring (bicyclic) bond motifs is 1. The monoisotopic (exact) mass is 350 g/mol. The molecule has 1 aliphatic rings. The number of anilines is 3. The predicted molar refractivity (Wildman–Crippen MR) is 103 cm³/mol. The fourth-order valence-electron chi connectivity index (χ4n) is 3.26. The van der Waals surface area contributed by atoms with E-state index in [0.717, 1.165) is 54.3 Å². The average Bonchev–Trinajstić information content (AvgIpc) is 2.68. The molecule has 1 N–H and O–H groups in total. The van der Waals surface area contributed by atoms with Crippen LogP contribution in [0.2, 0.25) is 0 Å². The lowest BCUT2D eigenvalue weighted by Crippen LogP contribution is -2.39. The lowest BCUT2D eigenvalue weighted by atomic mass is 10.0. The number of nitrogens with zero attached hydrogens (tertiary/aromatic N) is 7. The first-order valence-corrected chi connectivity index (χ1v) is 8.76. The van der Waals surface area contributed by atoms with Crippen LogP contribution in [0.5, 0.6) is 0 Å². The van der Waals surface area contributed by atoms with Gasteiger partial charge in [-0.2, -0.15) is 0 Å². The Morgan fingerprint density at radius 1 is 1.08 bits per heavy atom. The maximum Gasteiger partial charge on any atom is 0.139 e. The SMILES string of the molecule is CN(C)c1cc(NC2CCN(c3ncnc4cnccc34)CC2)ncn1. The van der Waals surface area contributed by atoms with Crippen molar-refractivity contribution in [3.05, 3.63) is 37.2 Å². The second-order valence-electron chi connectivity index (χ2n) is 6.65. The molecule has 134 valence electrons. The molecule has 3 aromatic heterocycles. The number of nitrogens with one attached hydrogen (secondary N) is 1. The Morgan fingerprint density at radius 3 is 2.69 bits per heavy atom. The molecule has 0 saturated carbocycles. The van der Waals surface area contributed by atoms with Crippen molar-refractivity contribution in [2.24, 2.45) is 0 Å². The minimum atomic E-state index is 0.394. The van der Waals surface area contributed by atoms with Crippen molar-refractivity contribution in [1.29, 1.82) is 0 Å². The standard InChI is InChI=1S/C18H22N8/c1-25(2)17-9-16(21-12-22-17)24-13-4-7-26(8-5-13)18-14-3-6-19-10-15(14)20-11-23-18/h3,6,9-13H,4-5,7-8H2,1-2H3,(H,21,22,24). The molecule has 0 atom stereocenters. The van der Waals surface area contributed by atoms with Gasteiger partial charge in [0.05, 0.1) is 11.7 Å². The third-order valence-corrected chi connectivity index (χ3v) is 4.68. The van der Waals surface area contributed by atoms with Crippen LogP contribution in [-0.4, -0.2) is 58.1 Å². The highest BCUT2D eigenvalue weighted by atomic mass is 15.2. The van der Waals surface area contributed by atoms with E-state index >= 15 is 0 Å². The van der Waals surface area contributed by atoms with E-state index in [4.69, 9.17) is 0 Å². The van der Waals surface area contributed by atoms with Crippen LogP contribution in [-0.2, 0) is 0 Å². The average molecular weight is 350 g/mol. The van der Waals surface area contributed by atoms with Crippen molar-refractivity contribution in [3.63, 3.8) is 0 Å². The van der Waals surface area contributed by atoms with Crippen molar-refractivity contribution >= 4 is 28.4 Å². The topological polar surface area (TPSA) is 83.0 Å². The number of pyridine rings is 1. The molecule has 0 radical (unpaired) electrons. The van der Waals surface area contributed by atoms with E-state index < -0.39 is 0 Å². The Hall–Kier alpha value is -3.03. The summed E-state index contributed by atoms with van der Waals surface area (Å²) in [6.45, 7) is 1.88. The fraction of sp³-hybridized carbons (Fsp3) is 0.389. The highest BCUT2D eigenvalue weighted by molar-refractivity contribution is 5.88. The molecule has 4 heterocycles. The van der Waals surface area contributed by atoms with Crippen molar-refractivity contribution < 1.29 is 0 Å². The van der Waals surface area contributed by atoms with Gasteiger partial charge in [-0.1, -0.05) is 0 Å². The Kier molecular flexibility index (Phi) is 4.47. The third-order valence-electron chi connectivity index (χ3n) is 4.68. The molecule has 26 heavy (non-hydrogen) atoms. The van der Waals surface area contributed by atoms with Crippen LogP contribution >= 0.6 is 0 Å². The minimum absolute atomic E-state index is 0.394. The van der Waals surface area contributed by atoms with Crippen LogP contribution in [0.1, 0.15) is 12.8 Å². The van der Waals surface area contributed by atoms with Gasteiger partial charge in [0.2, 0.25) is 0 Å². The Labute approximate surface area is 152 Å². The van der Waals surface area contributed by atoms with Gasteiger partial charge < -0.3 is 15.1 Å². The highest BCUT2D eigenvalue weighted by Gasteiger charge is 2.22. The molecule has 0 unspecified atom stereocenters. The summed E-state index contributed by atoms with van der Waals surface area (Å²) in [5.41, 5.74) is 0.884. The van der Waals surface area contributed by atoms with Crippen LogP contribution in [0.15, 0.2) is 37.2 Å². The van der Waals surface area contributed by atoms with Crippen molar-refractivity contribution in [2.45, 2.75) is 18.9 Å². The summed E-state index contributed by atoms with van der Waals surface area (Å²) in [6.07, 6.45) is 8.85. The molecule has 0 aliphatic carbocycles. The van der Waals surface area contributed by atoms with Crippen molar-refractivity contribution in [2.75, 3.05) is 42.3 Å². The summed E-state index contributed by atoms with van der Waals surface area (Å²) in [6, 6.07) is 4.36. The fourth-order valence-corrected chi connectivity index (χ4v) is 3.26. The lowest BCUT2D eigenvalue weighted by molar-refractivity contribution is 0.523. The molecule has 3 aromatic rings. The van der Waals surface area contributed by atoms with E-state index in [-0.39, 0.29) is 0 Å². The maximum absolute atomic E-state index is 4.51. The van der Waals surface area contributed by atoms with Crippen LogP contribution in [0.25, 0.3) is 10.9 Å². The molecule has 8 nitrogen and oxygen atoms in total. The molecule has 1 aliphatic heterocycles. The minimum Gasteiger partial charge on any atom is -0.367 e. The largest absolute Gasteiger partial charge is 0.367 e. The van der Waals surface area contributed by atoms with Gasteiger partial charge in [-0.3, -0.25) is 4.98 Å². The molecule has 0 aromatic carbocycles. The van der Waals surface area contributed by atoms with E-state index in [1.54, 1.807) is 25.0 Å². The first kappa shape index (κ1) is 16.4. The smallest absolute Gasteiger partial charge is 0.139 e. The summed E-state index contributed by atoms with van der Waals surface area (Å²) < 4.78 is 0. The van der Waals surface area contributed by atoms with Crippen LogP contribution in [0, 0.1) is 0 Å². The molecular weight excluding hydrogens is 328 g/mol. The van der Waals surface area contributed by atoms with E-state index in [0.29, 0.717) is 6.04 Å². The second-order valence-corrected chi connectivity index (χ2v) is 6.65. The number of rotatable bonds is 4. The zero-order valence-electron chi connectivity index (χ0n) is 15.0. The Balaban J connectivity index is 1.43. The maximum atomic E-state index is 4.51. The molecule has 1 saturated heterocycles. The highest BCUT2D eigenvalue weighted by Crippen LogP contribution is 2.26. The van der Waals surface area contributed by atoms with E-state index in [1.165, 1.54) is 0 Å². The first-order chi connectivity index (χ1) is 12.7. The Morgan fingerprint density at radius 2 is 1.88 bits per heavy atom. The molecule has 0 amide bonds. The molecule has 4 rings (SSSR count). The predicted octanol–water partition coefficient (Wildman–Crippen LogP) is 1.96. The van der Waals surface area contributed by atoms with E-state index in [2.05, 4.69) is 35.1 Å². The zero-order valence-corrected chi connectivity index (χ0v) is 15.0. The van der Waals surface area contributed by atoms with Gasteiger partial charge in [0.25, 0.3) is 0 Å². The normalized spacial score (nSPS) is 15.2. The molecule has 8 heteroatoms. The second kappa shape index (κ2) is 7.07. The van der Waals surface area contributed by atoms with Gasteiger partial charge in [-0.25, -0.2) is 19.9 Å². The molecule has 0 spiro atoms. The zero-order chi connectivity index (χ0) is 17.9.